The van der Waals surface area contributed by atoms with Crippen molar-refractivity contribution in [2.45, 2.75) is 37.0 Å². The van der Waals surface area contributed by atoms with Gasteiger partial charge in [0.2, 0.25) is 11.8 Å². The molecule has 0 spiro atoms. The summed E-state index contributed by atoms with van der Waals surface area (Å²) in [4.78, 5) is 26.4. The summed E-state index contributed by atoms with van der Waals surface area (Å²) < 4.78 is 5.87. The third-order valence-corrected chi connectivity index (χ3v) is 7.10. The summed E-state index contributed by atoms with van der Waals surface area (Å²) in [5.41, 5.74) is 0. The van der Waals surface area contributed by atoms with Crippen LogP contribution in [0.1, 0.15) is 20.3 Å². The van der Waals surface area contributed by atoms with Crippen LogP contribution in [-0.4, -0.2) is 62.9 Å². The van der Waals surface area contributed by atoms with Crippen molar-refractivity contribution in [2.24, 2.45) is 5.92 Å². The standard InChI is InChI=1S/C14H19N3O4S2/c1-7(19)10-11(20)17-12(21-6-18)14(23-13(10)17)22-9-3-4-16(5-9)8(2)15/h6-7,9-10,13,15,19H,3-5H2,1-2H3/t7?,9?,10?,13-/m0/s1. The molecule has 2 saturated heterocycles. The van der Waals surface area contributed by atoms with E-state index >= 15 is 0 Å². The number of hydrogen-bond acceptors (Lipinski definition) is 7. The van der Waals surface area contributed by atoms with E-state index < -0.39 is 12.0 Å². The lowest BCUT2D eigenvalue weighted by Crippen LogP contribution is -2.60. The molecular formula is C14H19N3O4S2. The number of carbonyl (C=O) groups is 2. The number of hydrogen-bond donors (Lipinski definition) is 2. The molecule has 9 heteroatoms. The monoisotopic (exact) mass is 357 g/mol. The Bertz CT molecular complexity index is 580. The number of carbonyl (C=O) groups excluding carboxylic acids is 2. The molecule has 0 aromatic carbocycles. The highest BCUT2D eigenvalue weighted by Gasteiger charge is 2.57. The summed E-state index contributed by atoms with van der Waals surface area (Å²) in [6, 6.07) is 0. The second-order valence-electron chi connectivity index (χ2n) is 5.85. The number of rotatable bonds is 5. The first-order chi connectivity index (χ1) is 10.9. The van der Waals surface area contributed by atoms with Gasteiger partial charge in [-0.3, -0.25) is 19.9 Å². The predicted octanol–water partition coefficient (Wildman–Crippen LogP) is 1.00. The molecule has 126 valence electrons. The van der Waals surface area contributed by atoms with E-state index in [4.69, 9.17) is 10.1 Å². The molecule has 4 atom stereocenters. The first-order valence-corrected chi connectivity index (χ1v) is 9.19. The third kappa shape index (κ3) is 2.85. The largest absolute Gasteiger partial charge is 0.410 e. The Labute approximate surface area is 142 Å². The molecule has 0 aromatic rings. The van der Waals surface area contributed by atoms with Gasteiger partial charge >= 0.3 is 0 Å². The van der Waals surface area contributed by atoms with Crippen molar-refractivity contribution < 1.29 is 19.4 Å². The van der Waals surface area contributed by atoms with Crippen LogP contribution in [0.2, 0.25) is 0 Å². The van der Waals surface area contributed by atoms with Crippen LogP contribution in [0.5, 0.6) is 0 Å². The molecular weight excluding hydrogens is 338 g/mol. The lowest BCUT2D eigenvalue weighted by Gasteiger charge is -2.43. The van der Waals surface area contributed by atoms with Crippen LogP contribution in [0.25, 0.3) is 0 Å². The molecule has 3 aliphatic heterocycles. The fourth-order valence-corrected chi connectivity index (χ4v) is 6.26. The maximum atomic E-state index is 12.2. The van der Waals surface area contributed by atoms with Gasteiger partial charge in [-0.1, -0.05) is 11.8 Å². The Hall–Kier alpha value is -1.19. The number of aliphatic hydroxyl groups excluding tert-OH is 1. The highest BCUT2D eigenvalue weighted by Crippen LogP contribution is 2.55. The molecule has 0 bridgehead atoms. The van der Waals surface area contributed by atoms with Crippen molar-refractivity contribution in [1.82, 2.24) is 9.80 Å². The van der Waals surface area contributed by atoms with Gasteiger partial charge in [-0.15, -0.1) is 11.8 Å². The number of nitrogens with zero attached hydrogens (tertiary/aromatic N) is 2. The first kappa shape index (κ1) is 16.7. The second kappa shape index (κ2) is 6.37. The summed E-state index contributed by atoms with van der Waals surface area (Å²) in [5.74, 6) is 0.200. The lowest BCUT2D eigenvalue weighted by molar-refractivity contribution is -0.157. The van der Waals surface area contributed by atoms with Crippen LogP contribution in [0.15, 0.2) is 10.1 Å². The average Bonchev–Trinajstić information content (AvgIpc) is 3.03. The lowest BCUT2D eigenvalue weighted by atomic mass is 9.93. The molecule has 0 aromatic heterocycles. The van der Waals surface area contributed by atoms with Gasteiger partial charge in [0.05, 0.1) is 17.9 Å². The van der Waals surface area contributed by atoms with Gasteiger partial charge in [-0.2, -0.15) is 0 Å². The summed E-state index contributed by atoms with van der Waals surface area (Å²) in [5, 5.41) is 17.5. The van der Waals surface area contributed by atoms with E-state index in [1.54, 1.807) is 25.6 Å². The minimum Gasteiger partial charge on any atom is -0.410 e. The first-order valence-electron chi connectivity index (χ1n) is 7.43. The Balaban J connectivity index is 1.72. The van der Waals surface area contributed by atoms with Crippen molar-refractivity contribution in [3.05, 3.63) is 10.1 Å². The number of thioether (sulfide) groups is 2. The maximum absolute atomic E-state index is 12.2. The summed E-state index contributed by atoms with van der Waals surface area (Å²) in [7, 11) is 0. The smallest absolute Gasteiger partial charge is 0.299 e. The zero-order valence-corrected chi connectivity index (χ0v) is 14.5. The van der Waals surface area contributed by atoms with E-state index in [0.717, 1.165) is 23.7 Å². The Kier molecular flexibility index (Phi) is 4.61. The molecule has 0 radical (unpaired) electrons. The van der Waals surface area contributed by atoms with Gasteiger partial charge in [-0.25, -0.2) is 0 Å². The minimum absolute atomic E-state index is 0.193. The normalized spacial score (nSPS) is 31.1. The highest BCUT2D eigenvalue weighted by molar-refractivity contribution is 8.23. The van der Waals surface area contributed by atoms with Crippen molar-refractivity contribution in [2.75, 3.05) is 13.1 Å². The molecule has 3 aliphatic rings. The number of amides is 1. The number of amidine groups is 1. The van der Waals surface area contributed by atoms with E-state index in [2.05, 4.69) is 0 Å². The molecule has 3 unspecified atom stereocenters. The fraction of sp³-hybridized carbons (Fsp3) is 0.643. The molecule has 23 heavy (non-hydrogen) atoms. The summed E-state index contributed by atoms with van der Waals surface area (Å²) >= 11 is 3.07. The van der Waals surface area contributed by atoms with Crippen LogP contribution in [0, 0.1) is 11.3 Å². The fourth-order valence-electron chi connectivity index (χ4n) is 3.04. The molecule has 3 heterocycles. The van der Waals surface area contributed by atoms with Gasteiger partial charge in [0, 0.05) is 18.3 Å². The number of nitrogens with one attached hydrogen (secondary N) is 1. The zero-order chi connectivity index (χ0) is 16.7. The molecule has 3 rings (SSSR count). The molecule has 0 saturated carbocycles. The Morgan fingerprint density at radius 2 is 2.35 bits per heavy atom. The Morgan fingerprint density at radius 3 is 2.91 bits per heavy atom. The number of β-lactam (4-membered cyclic amide) rings is 1. The van der Waals surface area contributed by atoms with E-state index in [1.807, 2.05) is 4.90 Å². The van der Waals surface area contributed by atoms with Gasteiger partial charge in [0.25, 0.3) is 6.47 Å². The number of fused-ring (bicyclic) bond motifs is 1. The summed E-state index contributed by atoms with van der Waals surface area (Å²) in [6.07, 6.45) is 0.221. The van der Waals surface area contributed by atoms with Crippen LogP contribution < -0.4 is 0 Å². The van der Waals surface area contributed by atoms with Crippen molar-refractivity contribution >= 4 is 41.7 Å². The van der Waals surface area contributed by atoms with E-state index in [1.165, 1.54) is 16.7 Å². The van der Waals surface area contributed by atoms with Crippen LogP contribution >= 0.6 is 23.5 Å². The number of likely N-dealkylation sites (tertiary alicyclic amines) is 1. The second-order valence-corrected chi connectivity index (χ2v) is 8.55. The van der Waals surface area contributed by atoms with Crippen LogP contribution in [0.4, 0.5) is 0 Å². The van der Waals surface area contributed by atoms with Gasteiger partial charge in [0.1, 0.15) is 9.61 Å². The van der Waals surface area contributed by atoms with E-state index in [0.29, 0.717) is 23.4 Å². The quantitative estimate of drug-likeness (QED) is 0.328. The van der Waals surface area contributed by atoms with Crippen LogP contribution in [-0.2, 0) is 14.3 Å². The Morgan fingerprint density at radius 1 is 1.61 bits per heavy atom. The molecule has 1 amide bonds. The molecule has 0 aliphatic carbocycles. The maximum Gasteiger partial charge on any atom is 0.299 e. The zero-order valence-electron chi connectivity index (χ0n) is 12.9. The van der Waals surface area contributed by atoms with Gasteiger partial charge < -0.3 is 14.7 Å². The SMILES string of the molecule is CC(=N)N1CCC(SC2=C(OC=O)N3C(=O)C(C(C)O)[C@@H]3S2)C1. The number of ether oxygens (including phenoxy) is 1. The van der Waals surface area contributed by atoms with E-state index in [9.17, 15) is 14.7 Å². The van der Waals surface area contributed by atoms with Crippen molar-refractivity contribution in [3.63, 3.8) is 0 Å². The molecule has 2 fully saturated rings. The van der Waals surface area contributed by atoms with E-state index in [-0.39, 0.29) is 11.3 Å². The highest BCUT2D eigenvalue weighted by atomic mass is 32.2. The molecule has 2 N–H and O–H groups in total. The predicted molar refractivity (Wildman–Crippen MR) is 88.5 cm³/mol. The summed E-state index contributed by atoms with van der Waals surface area (Å²) in [6.45, 7) is 5.33. The van der Waals surface area contributed by atoms with Gasteiger partial charge in [0.15, 0.2) is 0 Å². The number of aliphatic hydroxyl groups is 1. The van der Waals surface area contributed by atoms with Crippen molar-refractivity contribution in [3.8, 4) is 0 Å². The minimum atomic E-state index is -0.722. The average molecular weight is 357 g/mol. The topological polar surface area (TPSA) is 93.9 Å². The third-order valence-electron chi connectivity index (χ3n) is 4.28. The van der Waals surface area contributed by atoms with Crippen molar-refractivity contribution in [1.29, 1.82) is 5.41 Å². The molecule has 7 nitrogen and oxygen atoms in total. The van der Waals surface area contributed by atoms with Gasteiger partial charge in [-0.05, 0) is 20.3 Å². The van der Waals surface area contributed by atoms with Crippen LogP contribution in [0.3, 0.4) is 0 Å².